The van der Waals surface area contributed by atoms with E-state index in [1.54, 1.807) is 13.2 Å². The van der Waals surface area contributed by atoms with Gasteiger partial charge in [0.1, 0.15) is 0 Å². The zero-order valence-electron chi connectivity index (χ0n) is 15.4. The minimum absolute atomic E-state index is 0.00225. The molecule has 0 bridgehead atoms. The maximum atomic E-state index is 12.7. The summed E-state index contributed by atoms with van der Waals surface area (Å²) < 4.78 is 11.1. The molecule has 0 radical (unpaired) electrons. The number of rotatable bonds is 6. The first-order chi connectivity index (χ1) is 12.7. The van der Waals surface area contributed by atoms with Crippen LogP contribution in [0.4, 0.5) is 5.69 Å². The number of benzene rings is 2. The number of carbonyl (C=O) groups is 1. The van der Waals surface area contributed by atoms with E-state index in [-0.39, 0.29) is 5.91 Å². The molecule has 1 aliphatic rings. The van der Waals surface area contributed by atoms with Crippen molar-refractivity contribution in [2.75, 3.05) is 25.2 Å². The van der Waals surface area contributed by atoms with Crippen LogP contribution in [0.25, 0.3) is 6.08 Å². The first-order valence-corrected chi connectivity index (χ1v) is 9.11. The number of hydrogen-bond donors (Lipinski definition) is 0. The topological polar surface area (TPSA) is 38.8 Å². The predicted molar refractivity (Wildman–Crippen MR) is 105 cm³/mol. The third-order valence-electron chi connectivity index (χ3n) is 4.44. The van der Waals surface area contributed by atoms with E-state index in [1.165, 1.54) is 5.56 Å². The summed E-state index contributed by atoms with van der Waals surface area (Å²) in [6, 6.07) is 13.8. The van der Waals surface area contributed by atoms with Gasteiger partial charge in [0.15, 0.2) is 11.5 Å². The lowest BCUT2D eigenvalue weighted by molar-refractivity contribution is -0.114. The fourth-order valence-electron chi connectivity index (χ4n) is 3.14. The summed E-state index contributed by atoms with van der Waals surface area (Å²) in [4.78, 5) is 14.5. The van der Waals surface area contributed by atoms with Crippen LogP contribution in [0.5, 0.6) is 11.5 Å². The number of methoxy groups -OCH3 is 1. The first kappa shape index (κ1) is 18.1. The molecule has 0 N–H and O–H groups in total. The summed E-state index contributed by atoms with van der Waals surface area (Å²) in [5.41, 5.74) is 3.17. The van der Waals surface area contributed by atoms with Gasteiger partial charge >= 0.3 is 0 Å². The summed E-state index contributed by atoms with van der Waals surface area (Å²) in [6.45, 7) is 3.47. The molecule has 2 aromatic carbocycles. The van der Waals surface area contributed by atoms with Gasteiger partial charge in [-0.15, -0.1) is 0 Å². The lowest BCUT2D eigenvalue weighted by atomic mass is 10.0. The van der Waals surface area contributed by atoms with Crippen molar-refractivity contribution in [1.82, 2.24) is 0 Å². The average molecular weight is 351 g/mol. The fraction of sp³-hybridized carbons (Fsp3) is 0.318. The number of anilines is 1. The lowest BCUT2D eigenvalue weighted by Crippen LogP contribution is -2.34. The van der Waals surface area contributed by atoms with Gasteiger partial charge in [-0.3, -0.25) is 4.79 Å². The van der Waals surface area contributed by atoms with Crippen LogP contribution >= 0.6 is 0 Å². The zero-order chi connectivity index (χ0) is 18.4. The zero-order valence-corrected chi connectivity index (χ0v) is 15.4. The molecule has 0 aromatic heterocycles. The minimum atomic E-state index is 0.00225. The molecule has 0 aliphatic carbocycles. The Morgan fingerprint density at radius 2 is 2.04 bits per heavy atom. The molecule has 4 nitrogen and oxygen atoms in total. The summed E-state index contributed by atoms with van der Waals surface area (Å²) in [6.07, 6.45) is 6.42. The third kappa shape index (κ3) is 4.07. The van der Waals surface area contributed by atoms with Crippen LogP contribution in [-0.2, 0) is 11.2 Å². The second-order valence-corrected chi connectivity index (χ2v) is 6.31. The maximum absolute atomic E-state index is 12.7. The number of para-hydroxylation sites is 1. The van der Waals surface area contributed by atoms with Crippen LogP contribution in [0.1, 0.15) is 30.9 Å². The van der Waals surface area contributed by atoms with E-state index >= 15 is 0 Å². The van der Waals surface area contributed by atoms with E-state index in [1.807, 2.05) is 47.4 Å². The highest BCUT2D eigenvalue weighted by Gasteiger charge is 2.20. The molecule has 0 unspecified atom stereocenters. The SMILES string of the molecule is CCCOc1ccc(/C=C/C(=O)N2CCCc3ccccc32)cc1OC. The monoisotopic (exact) mass is 351 g/mol. The smallest absolute Gasteiger partial charge is 0.250 e. The second-order valence-electron chi connectivity index (χ2n) is 6.31. The fourth-order valence-corrected chi connectivity index (χ4v) is 3.14. The van der Waals surface area contributed by atoms with E-state index < -0.39 is 0 Å². The Labute approximate surface area is 155 Å². The molecule has 2 aromatic rings. The van der Waals surface area contributed by atoms with Crippen molar-refractivity contribution in [3.8, 4) is 11.5 Å². The van der Waals surface area contributed by atoms with Crippen LogP contribution in [0, 0.1) is 0 Å². The lowest BCUT2D eigenvalue weighted by Gasteiger charge is -2.28. The van der Waals surface area contributed by atoms with Crippen LogP contribution in [-0.4, -0.2) is 26.2 Å². The van der Waals surface area contributed by atoms with Crippen molar-refractivity contribution in [2.45, 2.75) is 26.2 Å². The van der Waals surface area contributed by atoms with Crippen LogP contribution in [0.3, 0.4) is 0 Å². The van der Waals surface area contributed by atoms with E-state index in [2.05, 4.69) is 13.0 Å². The Hall–Kier alpha value is -2.75. The molecule has 136 valence electrons. The molecular weight excluding hydrogens is 326 g/mol. The van der Waals surface area contributed by atoms with Crippen molar-refractivity contribution < 1.29 is 14.3 Å². The van der Waals surface area contributed by atoms with Crippen molar-refractivity contribution >= 4 is 17.7 Å². The molecule has 1 heterocycles. The maximum Gasteiger partial charge on any atom is 0.250 e. The van der Waals surface area contributed by atoms with Crippen LogP contribution in [0.2, 0.25) is 0 Å². The minimum Gasteiger partial charge on any atom is -0.493 e. The average Bonchev–Trinajstić information content (AvgIpc) is 2.70. The van der Waals surface area contributed by atoms with Crippen molar-refractivity contribution in [1.29, 1.82) is 0 Å². The van der Waals surface area contributed by atoms with Gasteiger partial charge in [0, 0.05) is 18.3 Å². The Balaban J connectivity index is 1.75. The largest absolute Gasteiger partial charge is 0.493 e. The van der Waals surface area contributed by atoms with Crippen molar-refractivity contribution in [3.63, 3.8) is 0 Å². The van der Waals surface area contributed by atoms with E-state index in [0.29, 0.717) is 12.4 Å². The first-order valence-electron chi connectivity index (χ1n) is 9.11. The molecule has 0 fully saturated rings. The second kappa shape index (κ2) is 8.56. The van der Waals surface area contributed by atoms with Gasteiger partial charge in [-0.1, -0.05) is 31.2 Å². The number of hydrogen-bond acceptors (Lipinski definition) is 3. The van der Waals surface area contributed by atoms with Crippen LogP contribution < -0.4 is 14.4 Å². The molecule has 0 saturated heterocycles. The highest BCUT2D eigenvalue weighted by atomic mass is 16.5. The van der Waals surface area contributed by atoms with E-state index in [0.717, 1.165) is 42.8 Å². The summed E-state index contributed by atoms with van der Waals surface area (Å²) >= 11 is 0. The number of amides is 1. The highest BCUT2D eigenvalue weighted by molar-refractivity contribution is 6.04. The molecule has 26 heavy (non-hydrogen) atoms. The van der Waals surface area contributed by atoms with E-state index in [4.69, 9.17) is 9.47 Å². The molecule has 0 atom stereocenters. The van der Waals surface area contributed by atoms with Gasteiger partial charge in [0.05, 0.1) is 13.7 Å². The Morgan fingerprint density at radius 1 is 1.19 bits per heavy atom. The molecule has 0 saturated carbocycles. The van der Waals surface area contributed by atoms with Crippen molar-refractivity contribution in [3.05, 3.63) is 59.7 Å². The molecule has 0 spiro atoms. The highest BCUT2D eigenvalue weighted by Crippen LogP contribution is 2.29. The number of carbonyl (C=O) groups excluding carboxylic acids is 1. The van der Waals surface area contributed by atoms with Gasteiger partial charge in [-0.2, -0.15) is 0 Å². The summed E-state index contributed by atoms with van der Waals surface area (Å²) in [5.74, 6) is 1.40. The number of fused-ring (bicyclic) bond motifs is 1. The number of aryl methyl sites for hydroxylation is 1. The van der Waals surface area contributed by atoms with Gasteiger partial charge in [-0.25, -0.2) is 0 Å². The van der Waals surface area contributed by atoms with Gasteiger partial charge in [0.2, 0.25) is 0 Å². The van der Waals surface area contributed by atoms with E-state index in [9.17, 15) is 4.79 Å². The third-order valence-corrected chi connectivity index (χ3v) is 4.44. The number of nitrogens with zero attached hydrogens (tertiary/aromatic N) is 1. The van der Waals surface area contributed by atoms with Gasteiger partial charge < -0.3 is 14.4 Å². The van der Waals surface area contributed by atoms with Crippen LogP contribution in [0.15, 0.2) is 48.5 Å². The molecular formula is C22H25NO3. The van der Waals surface area contributed by atoms with Crippen molar-refractivity contribution in [2.24, 2.45) is 0 Å². The molecule has 4 heteroatoms. The standard InChI is InChI=1S/C22H25NO3/c1-3-15-26-20-12-10-17(16-21(20)25-2)11-13-22(24)23-14-6-8-18-7-4-5-9-19(18)23/h4-5,7,9-13,16H,3,6,8,14-15H2,1-2H3/b13-11+. The summed E-state index contributed by atoms with van der Waals surface area (Å²) in [5, 5.41) is 0. The van der Waals surface area contributed by atoms with Gasteiger partial charge in [0.25, 0.3) is 5.91 Å². The predicted octanol–water partition coefficient (Wildman–Crippen LogP) is 4.48. The normalized spacial score (nSPS) is 13.5. The van der Waals surface area contributed by atoms with Gasteiger partial charge in [-0.05, 0) is 54.7 Å². The quantitative estimate of drug-likeness (QED) is 0.721. The summed E-state index contributed by atoms with van der Waals surface area (Å²) in [7, 11) is 1.62. The number of ether oxygens (including phenoxy) is 2. The Morgan fingerprint density at radius 3 is 2.85 bits per heavy atom. The Kier molecular flexibility index (Phi) is 5.95. The molecule has 1 aliphatic heterocycles. The molecule has 1 amide bonds. The molecule has 3 rings (SSSR count). The Bertz CT molecular complexity index is 798.